The summed E-state index contributed by atoms with van der Waals surface area (Å²) in [6.45, 7) is 7.07. The number of urea groups is 1. The minimum absolute atomic E-state index is 0.0138. The van der Waals surface area contributed by atoms with E-state index in [4.69, 9.17) is 4.74 Å². The van der Waals surface area contributed by atoms with Crippen LogP contribution in [0.3, 0.4) is 0 Å². The van der Waals surface area contributed by atoms with Crippen LogP contribution in [0, 0.1) is 0 Å². The van der Waals surface area contributed by atoms with Crippen LogP contribution in [0.1, 0.15) is 30.4 Å². The lowest BCUT2D eigenvalue weighted by Gasteiger charge is -2.34. The monoisotopic (exact) mass is 437 g/mol. The summed E-state index contributed by atoms with van der Waals surface area (Å²) in [4.78, 5) is 23.9. The van der Waals surface area contributed by atoms with Crippen molar-refractivity contribution in [2.24, 2.45) is 0 Å². The van der Waals surface area contributed by atoms with Crippen molar-refractivity contribution in [2.45, 2.75) is 32.2 Å². The number of piperazine rings is 1. The van der Waals surface area contributed by atoms with Crippen LogP contribution < -0.4 is 15.0 Å². The molecule has 0 aliphatic carbocycles. The van der Waals surface area contributed by atoms with Gasteiger partial charge in [-0.25, -0.2) is 9.78 Å². The Balaban J connectivity index is 1.16. The van der Waals surface area contributed by atoms with E-state index >= 15 is 0 Å². The Morgan fingerprint density at radius 3 is 2.31 bits per heavy atom. The largest absolute Gasteiger partial charge is 0.497 e. The zero-order valence-corrected chi connectivity index (χ0v) is 19.1. The first-order chi connectivity index (χ1) is 15.7. The van der Waals surface area contributed by atoms with Crippen LogP contribution in [-0.4, -0.2) is 73.7 Å². The molecular weight excluding hydrogens is 402 g/mol. The molecule has 2 amide bonds. The summed E-state index contributed by atoms with van der Waals surface area (Å²) >= 11 is 0. The van der Waals surface area contributed by atoms with Gasteiger partial charge in [0.15, 0.2) is 0 Å². The number of rotatable bonds is 7. The van der Waals surface area contributed by atoms with Gasteiger partial charge in [-0.3, -0.25) is 4.90 Å². The topological polar surface area (TPSA) is 60.9 Å². The van der Waals surface area contributed by atoms with Gasteiger partial charge in [0.2, 0.25) is 0 Å². The number of piperidine rings is 1. The number of anilines is 1. The third kappa shape index (κ3) is 6.13. The highest BCUT2D eigenvalue weighted by Gasteiger charge is 2.20. The van der Waals surface area contributed by atoms with Gasteiger partial charge in [0.25, 0.3) is 0 Å². The van der Waals surface area contributed by atoms with E-state index in [2.05, 4.69) is 44.4 Å². The number of carbonyl (C=O) groups excluding carboxylic acids is 1. The summed E-state index contributed by atoms with van der Waals surface area (Å²) in [6.07, 6.45) is 6.71. The van der Waals surface area contributed by atoms with Crippen molar-refractivity contribution in [3.8, 4) is 5.75 Å². The van der Waals surface area contributed by atoms with E-state index in [1.165, 1.54) is 24.8 Å². The van der Waals surface area contributed by atoms with E-state index in [0.717, 1.165) is 69.4 Å². The molecule has 0 bridgehead atoms. The number of ether oxygens (including phenoxy) is 1. The SMILES string of the molecule is COc1ccc(CCN2CCN(C(=O)NCc3ccc(N4CCCCC4)nc3)CC2)cc1. The molecule has 7 heteroatoms. The van der Waals surface area contributed by atoms with Gasteiger partial charge in [0, 0.05) is 58.6 Å². The Kier molecular flexibility index (Phi) is 7.82. The molecule has 1 aromatic carbocycles. The average molecular weight is 438 g/mol. The minimum atomic E-state index is 0.0138. The van der Waals surface area contributed by atoms with E-state index < -0.39 is 0 Å². The number of aromatic nitrogens is 1. The number of hydrogen-bond donors (Lipinski definition) is 1. The predicted octanol–water partition coefficient (Wildman–Crippen LogP) is 3.15. The lowest BCUT2D eigenvalue weighted by Crippen LogP contribution is -2.51. The lowest BCUT2D eigenvalue weighted by molar-refractivity contribution is 0.140. The number of nitrogens with zero attached hydrogens (tertiary/aromatic N) is 4. The highest BCUT2D eigenvalue weighted by Crippen LogP contribution is 2.17. The maximum absolute atomic E-state index is 12.6. The van der Waals surface area contributed by atoms with Crippen LogP contribution in [0.2, 0.25) is 0 Å². The molecule has 2 aliphatic heterocycles. The van der Waals surface area contributed by atoms with Crippen molar-refractivity contribution in [1.82, 2.24) is 20.1 Å². The van der Waals surface area contributed by atoms with Gasteiger partial charge in [0.05, 0.1) is 7.11 Å². The molecule has 0 atom stereocenters. The van der Waals surface area contributed by atoms with Crippen molar-refractivity contribution >= 4 is 11.8 Å². The third-order valence-electron chi connectivity index (χ3n) is 6.47. The van der Waals surface area contributed by atoms with Crippen molar-refractivity contribution in [3.63, 3.8) is 0 Å². The quantitative estimate of drug-likeness (QED) is 0.721. The summed E-state index contributed by atoms with van der Waals surface area (Å²) in [7, 11) is 1.69. The summed E-state index contributed by atoms with van der Waals surface area (Å²) in [5.41, 5.74) is 2.35. The minimum Gasteiger partial charge on any atom is -0.497 e. The van der Waals surface area contributed by atoms with Crippen LogP contribution in [-0.2, 0) is 13.0 Å². The van der Waals surface area contributed by atoms with Crippen LogP contribution >= 0.6 is 0 Å². The molecule has 3 heterocycles. The van der Waals surface area contributed by atoms with Crippen molar-refractivity contribution in [1.29, 1.82) is 0 Å². The van der Waals surface area contributed by atoms with Crippen LogP contribution in [0.15, 0.2) is 42.6 Å². The molecule has 172 valence electrons. The molecule has 2 aromatic rings. The van der Waals surface area contributed by atoms with Gasteiger partial charge in [-0.1, -0.05) is 18.2 Å². The Morgan fingerprint density at radius 1 is 0.938 bits per heavy atom. The van der Waals surface area contributed by atoms with Gasteiger partial charge in [0.1, 0.15) is 11.6 Å². The molecule has 2 saturated heterocycles. The molecule has 1 N–H and O–H groups in total. The number of pyridine rings is 1. The maximum atomic E-state index is 12.6. The second-order valence-corrected chi connectivity index (χ2v) is 8.66. The molecule has 1 aromatic heterocycles. The van der Waals surface area contributed by atoms with Crippen molar-refractivity contribution in [2.75, 3.05) is 57.8 Å². The van der Waals surface area contributed by atoms with E-state index in [9.17, 15) is 4.79 Å². The van der Waals surface area contributed by atoms with Gasteiger partial charge in [-0.15, -0.1) is 0 Å². The van der Waals surface area contributed by atoms with Gasteiger partial charge >= 0.3 is 6.03 Å². The zero-order chi connectivity index (χ0) is 22.2. The predicted molar refractivity (Wildman–Crippen MR) is 127 cm³/mol. The Hall–Kier alpha value is -2.80. The maximum Gasteiger partial charge on any atom is 0.317 e. The Bertz CT molecular complexity index is 842. The third-order valence-corrected chi connectivity index (χ3v) is 6.47. The first-order valence-corrected chi connectivity index (χ1v) is 11.8. The van der Waals surface area contributed by atoms with E-state index in [-0.39, 0.29) is 6.03 Å². The fourth-order valence-corrected chi connectivity index (χ4v) is 4.37. The summed E-state index contributed by atoms with van der Waals surface area (Å²) < 4.78 is 5.22. The second-order valence-electron chi connectivity index (χ2n) is 8.66. The van der Waals surface area contributed by atoms with Gasteiger partial charge in [-0.2, -0.15) is 0 Å². The summed E-state index contributed by atoms with van der Waals surface area (Å²) in [6, 6.07) is 12.4. The molecule has 0 radical (unpaired) electrons. The van der Waals surface area contributed by atoms with Crippen molar-refractivity contribution < 1.29 is 9.53 Å². The molecule has 2 fully saturated rings. The van der Waals surface area contributed by atoms with Gasteiger partial charge in [-0.05, 0) is 55.0 Å². The van der Waals surface area contributed by atoms with Crippen molar-refractivity contribution in [3.05, 3.63) is 53.7 Å². The standard InChI is InChI=1S/C25H35N5O2/c1-32-23-8-5-21(6-9-23)11-14-28-15-17-30(18-16-28)25(31)27-20-22-7-10-24(26-19-22)29-12-3-2-4-13-29/h5-10,19H,2-4,11-18,20H2,1H3,(H,27,31). The number of carbonyl (C=O) groups is 1. The highest BCUT2D eigenvalue weighted by atomic mass is 16.5. The fraction of sp³-hybridized carbons (Fsp3) is 0.520. The van der Waals surface area contributed by atoms with Crippen LogP contribution in [0.5, 0.6) is 5.75 Å². The molecule has 4 rings (SSSR count). The van der Waals surface area contributed by atoms with E-state index in [1.54, 1.807) is 7.11 Å². The average Bonchev–Trinajstić information content (AvgIpc) is 2.87. The molecular formula is C25H35N5O2. The van der Waals surface area contributed by atoms with Gasteiger partial charge < -0.3 is 19.9 Å². The van der Waals surface area contributed by atoms with Crippen LogP contribution in [0.4, 0.5) is 10.6 Å². The fourth-order valence-electron chi connectivity index (χ4n) is 4.37. The Labute approximate surface area is 191 Å². The first-order valence-electron chi connectivity index (χ1n) is 11.8. The zero-order valence-electron chi connectivity index (χ0n) is 19.1. The normalized spacial score (nSPS) is 17.3. The molecule has 0 unspecified atom stereocenters. The van der Waals surface area contributed by atoms with Crippen LogP contribution in [0.25, 0.3) is 0 Å². The summed E-state index contributed by atoms with van der Waals surface area (Å²) in [5.74, 6) is 1.94. The lowest BCUT2D eigenvalue weighted by atomic mass is 10.1. The van der Waals surface area contributed by atoms with E-state index in [1.807, 2.05) is 23.2 Å². The molecule has 0 saturated carbocycles. The number of hydrogen-bond acceptors (Lipinski definition) is 5. The smallest absolute Gasteiger partial charge is 0.317 e. The molecule has 7 nitrogen and oxygen atoms in total. The Morgan fingerprint density at radius 2 is 1.66 bits per heavy atom. The molecule has 32 heavy (non-hydrogen) atoms. The summed E-state index contributed by atoms with van der Waals surface area (Å²) in [5, 5.41) is 3.05. The number of nitrogens with one attached hydrogen (secondary N) is 1. The number of amides is 2. The van der Waals surface area contributed by atoms with E-state index in [0.29, 0.717) is 6.54 Å². The molecule has 2 aliphatic rings. The number of benzene rings is 1. The second kappa shape index (κ2) is 11.2. The highest BCUT2D eigenvalue weighted by molar-refractivity contribution is 5.74. The number of methoxy groups -OCH3 is 1. The first kappa shape index (κ1) is 22.4. The molecule has 0 spiro atoms.